The van der Waals surface area contributed by atoms with Crippen molar-refractivity contribution in [2.45, 2.75) is 52.7 Å². The quantitative estimate of drug-likeness (QED) is 0.401. The predicted octanol–water partition coefficient (Wildman–Crippen LogP) is 4.12. The Morgan fingerprint density at radius 2 is 1.72 bits per heavy atom. The molecule has 1 aromatic carbocycles. The lowest BCUT2D eigenvalue weighted by Gasteiger charge is -2.32. The predicted molar refractivity (Wildman–Crippen MR) is 119 cm³/mol. The molecule has 0 amide bonds. The smallest absolute Gasteiger partial charge is 0.348 e. The van der Waals surface area contributed by atoms with Crippen LogP contribution in [-0.2, 0) is 30.8 Å². The van der Waals surface area contributed by atoms with Crippen LogP contribution < -0.4 is 0 Å². The van der Waals surface area contributed by atoms with E-state index >= 15 is 0 Å². The van der Waals surface area contributed by atoms with Crippen molar-refractivity contribution in [1.29, 1.82) is 0 Å². The molecule has 2 heterocycles. The number of benzene rings is 1. The molecule has 0 unspecified atom stereocenters. The fourth-order valence-electron chi connectivity index (χ4n) is 3.45. The van der Waals surface area contributed by atoms with E-state index in [0.29, 0.717) is 30.7 Å². The summed E-state index contributed by atoms with van der Waals surface area (Å²) in [6.07, 6.45) is 4.75. The van der Waals surface area contributed by atoms with Crippen LogP contribution in [0.5, 0.6) is 0 Å². The Morgan fingerprint density at radius 1 is 1.16 bits per heavy atom. The summed E-state index contributed by atoms with van der Waals surface area (Å²) in [4.78, 5) is 34.1. The summed E-state index contributed by atoms with van der Waals surface area (Å²) in [7, 11) is 1.79. The first-order chi connectivity index (χ1) is 14.7. The van der Waals surface area contributed by atoms with Crippen LogP contribution >= 0.6 is 0 Å². The van der Waals surface area contributed by atoms with Crippen LogP contribution in [0.15, 0.2) is 42.6 Å². The number of carbonyl (C=O) groups excluding carboxylic acids is 3. The lowest BCUT2D eigenvalue weighted by molar-refractivity contribution is -0.232. The van der Waals surface area contributed by atoms with Crippen molar-refractivity contribution in [2.75, 3.05) is 6.61 Å². The van der Waals surface area contributed by atoms with E-state index in [0.717, 1.165) is 18.4 Å². The van der Waals surface area contributed by atoms with Crippen molar-refractivity contribution in [3.63, 3.8) is 0 Å². The lowest BCUT2D eigenvalue weighted by atomic mass is 10.1. The zero-order chi connectivity index (χ0) is 22.6. The first-order valence-electron chi connectivity index (χ1n) is 10.2. The number of esters is 3. The summed E-state index contributed by atoms with van der Waals surface area (Å²) in [5.41, 5.74) is 3.05. The third kappa shape index (κ3) is 5.43. The van der Waals surface area contributed by atoms with Gasteiger partial charge in [0.05, 0.1) is 6.61 Å². The molecule has 8 heteroatoms. The van der Waals surface area contributed by atoms with Crippen LogP contribution in [-0.4, -0.2) is 40.1 Å². The summed E-state index contributed by atoms with van der Waals surface area (Å²) in [6.45, 7) is 7.46. The van der Waals surface area contributed by atoms with E-state index in [9.17, 15) is 14.4 Å². The van der Waals surface area contributed by atoms with Gasteiger partial charge in [-0.05, 0) is 26.7 Å². The van der Waals surface area contributed by atoms with Crippen LogP contribution in [0.2, 0.25) is 0 Å². The fraction of sp³-hybridized carbons (Fsp3) is 0.417. The Morgan fingerprint density at radius 3 is 2.25 bits per heavy atom. The largest absolute Gasteiger partial charge is 0.462 e. The molecule has 1 saturated carbocycles. The van der Waals surface area contributed by atoms with Crippen molar-refractivity contribution in [3.05, 3.63) is 53.7 Å². The maximum absolute atomic E-state index is 11.8. The first kappa shape index (κ1) is 24.8. The summed E-state index contributed by atoms with van der Waals surface area (Å²) < 4.78 is 16.7. The minimum atomic E-state index is -0.963. The summed E-state index contributed by atoms with van der Waals surface area (Å²) >= 11 is 0. The molecule has 0 bridgehead atoms. The van der Waals surface area contributed by atoms with Crippen molar-refractivity contribution >= 4 is 17.9 Å². The molecule has 32 heavy (non-hydrogen) atoms. The molecule has 4 rings (SSSR count). The third-order valence-electron chi connectivity index (χ3n) is 5.06. The van der Waals surface area contributed by atoms with E-state index in [-0.39, 0.29) is 19.0 Å². The van der Waals surface area contributed by atoms with Gasteiger partial charge in [0, 0.05) is 31.6 Å². The van der Waals surface area contributed by atoms with Gasteiger partial charge in [0.15, 0.2) is 0 Å². The molecule has 2 fully saturated rings. The number of aromatic nitrogens is 2. The monoisotopic (exact) mass is 442 g/mol. The van der Waals surface area contributed by atoms with Gasteiger partial charge >= 0.3 is 17.9 Å². The number of hydrogen-bond donors (Lipinski definition) is 0. The summed E-state index contributed by atoms with van der Waals surface area (Å²) in [5, 5.41) is 4.33. The van der Waals surface area contributed by atoms with Gasteiger partial charge in [-0.3, -0.25) is 4.68 Å². The Bertz CT molecular complexity index is 978. The topological polar surface area (TPSA) is 96.7 Å². The number of rotatable bonds is 3. The van der Waals surface area contributed by atoms with Gasteiger partial charge in [0.25, 0.3) is 5.79 Å². The molecule has 2 aliphatic rings. The van der Waals surface area contributed by atoms with Gasteiger partial charge in [-0.1, -0.05) is 43.8 Å². The number of ether oxygens (including phenoxy) is 3. The molecule has 2 aromatic rings. The van der Waals surface area contributed by atoms with Gasteiger partial charge in [0.1, 0.15) is 16.8 Å². The Labute approximate surface area is 188 Å². The van der Waals surface area contributed by atoms with Crippen molar-refractivity contribution < 1.29 is 28.6 Å². The minimum absolute atomic E-state index is 0. The van der Waals surface area contributed by atoms with Gasteiger partial charge in [-0.2, -0.15) is 5.10 Å². The number of carbonyl (C=O) groups is 3. The second-order valence-electron chi connectivity index (χ2n) is 7.53. The molecule has 1 saturated heterocycles. The van der Waals surface area contributed by atoms with E-state index in [1.165, 1.54) is 5.56 Å². The Kier molecular flexibility index (Phi) is 7.97. The third-order valence-corrected chi connectivity index (χ3v) is 5.06. The zero-order valence-electron chi connectivity index (χ0n) is 18.0. The highest BCUT2D eigenvalue weighted by Crippen LogP contribution is 2.37. The first-order valence-corrected chi connectivity index (χ1v) is 10.2. The average Bonchev–Trinajstić information content (AvgIpc) is 3.34. The zero-order valence-corrected chi connectivity index (χ0v) is 18.0. The van der Waals surface area contributed by atoms with Crippen LogP contribution in [0.3, 0.4) is 0 Å². The Balaban J connectivity index is 0.000000230. The average molecular weight is 443 g/mol. The standard InChI is InChI=1S/C14H16N2O2.C9H10O4.CH4/c1-4-18-14(17)12-9-16(3)15-13(12)11-7-5-10(2)6-8-11;1-6-7(10)12-9(13-8(6)11)4-2-3-5-9;/h5-9H,4H2,1-3H3;1-5H2;1H4. The number of nitrogens with zero attached hydrogens (tertiary/aromatic N) is 2. The highest BCUT2D eigenvalue weighted by Gasteiger charge is 2.47. The van der Waals surface area contributed by atoms with Crippen molar-refractivity contribution in [3.8, 4) is 11.3 Å². The molecule has 1 aliphatic heterocycles. The molecule has 172 valence electrons. The maximum Gasteiger partial charge on any atom is 0.348 e. The van der Waals surface area contributed by atoms with E-state index in [1.807, 2.05) is 31.2 Å². The van der Waals surface area contributed by atoms with Crippen LogP contribution in [0.25, 0.3) is 11.3 Å². The fourth-order valence-corrected chi connectivity index (χ4v) is 3.45. The molecule has 0 N–H and O–H groups in total. The van der Waals surface area contributed by atoms with Crippen LogP contribution in [0, 0.1) is 6.92 Å². The van der Waals surface area contributed by atoms with E-state index < -0.39 is 17.7 Å². The van der Waals surface area contributed by atoms with Gasteiger partial charge in [-0.15, -0.1) is 0 Å². The van der Waals surface area contributed by atoms with Gasteiger partial charge in [-0.25, -0.2) is 14.4 Å². The molecule has 1 aromatic heterocycles. The van der Waals surface area contributed by atoms with Gasteiger partial charge in [0.2, 0.25) is 0 Å². The molecular weight excluding hydrogens is 412 g/mol. The molecule has 0 atom stereocenters. The normalized spacial score (nSPS) is 16.4. The highest BCUT2D eigenvalue weighted by atomic mass is 16.7. The highest BCUT2D eigenvalue weighted by molar-refractivity contribution is 6.14. The second-order valence-corrected chi connectivity index (χ2v) is 7.53. The summed E-state index contributed by atoms with van der Waals surface area (Å²) in [6, 6.07) is 7.92. The Hall–Kier alpha value is -3.42. The number of aryl methyl sites for hydroxylation is 2. The van der Waals surface area contributed by atoms with Gasteiger partial charge < -0.3 is 14.2 Å². The molecule has 1 spiro atoms. The SMILES string of the molecule is C.C=C1C(=O)OC2(CCCC2)OC1=O.CCOC(=O)c1cn(C)nc1-c1ccc(C)cc1. The maximum atomic E-state index is 11.8. The molecule has 1 aliphatic carbocycles. The molecular formula is C24H30N2O6. The molecule has 0 radical (unpaired) electrons. The van der Waals surface area contributed by atoms with E-state index in [4.69, 9.17) is 14.2 Å². The molecule has 8 nitrogen and oxygen atoms in total. The van der Waals surface area contributed by atoms with Crippen molar-refractivity contribution in [1.82, 2.24) is 9.78 Å². The van der Waals surface area contributed by atoms with E-state index in [1.54, 1.807) is 24.9 Å². The second kappa shape index (κ2) is 10.3. The van der Waals surface area contributed by atoms with Crippen LogP contribution in [0.4, 0.5) is 0 Å². The van der Waals surface area contributed by atoms with E-state index in [2.05, 4.69) is 11.7 Å². The van der Waals surface area contributed by atoms with Crippen molar-refractivity contribution in [2.24, 2.45) is 7.05 Å². The number of hydrogen-bond acceptors (Lipinski definition) is 7. The lowest BCUT2D eigenvalue weighted by Crippen LogP contribution is -2.44. The van der Waals surface area contributed by atoms with Crippen LogP contribution in [0.1, 0.15) is 56.0 Å². The summed E-state index contributed by atoms with van der Waals surface area (Å²) in [5.74, 6) is -2.58. The minimum Gasteiger partial charge on any atom is -0.462 e.